The van der Waals surface area contributed by atoms with Gasteiger partial charge >= 0.3 is 5.97 Å². The van der Waals surface area contributed by atoms with Gasteiger partial charge in [-0.25, -0.2) is 4.98 Å². The number of hydrogen-bond acceptors (Lipinski definition) is 4. The first-order valence-electron chi connectivity index (χ1n) is 9.67. The third-order valence-electron chi connectivity index (χ3n) is 5.52. The zero-order valence-corrected chi connectivity index (χ0v) is 16.3. The molecule has 1 atom stereocenters. The van der Waals surface area contributed by atoms with Crippen LogP contribution in [-0.2, 0) is 10.2 Å². The number of piperidine rings is 1. The van der Waals surface area contributed by atoms with Gasteiger partial charge in [-0.15, -0.1) is 0 Å². The monoisotopic (exact) mass is 382 g/mol. The van der Waals surface area contributed by atoms with Crippen molar-refractivity contribution in [2.75, 3.05) is 13.1 Å². The van der Waals surface area contributed by atoms with Crippen LogP contribution in [0.5, 0.6) is 5.88 Å². The zero-order chi connectivity index (χ0) is 20.1. The Bertz CT molecular complexity index is 829. The van der Waals surface area contributed by atoms with Gasteiger partial charge in [0, 0.05) is 30.9 Å². The highest BCUT2D eigenvalue weighted by Gasteiger charge is 2.43. The number of aromatic nitrogens is 1. The molecule has 0 saturated carbocycles. The van der Waals surface area contributed by atoms with E-state index in [1.54, 1.807) is 23.2 Å². The lowest BCUT2D eigenvalue weighted by molar-refractivity contribution is -0.145. The minimum Gasteiger partial charge on any atom is -0.481 e. The third-order valence-corrected chi connectivity index (χ3v) is 5.52. The maximum Gasteiger partial charge on any atom is 0.314 e. The van der Waals surface area contributed by atoms with Gasteiger partial charge in [0.25, 0.3) is 5.91 Å². The second-order valence-electron chi connectivity index (χ2n) is 7.26. The maximum absolute atomic E-state index is 12.9. The number of nitrogens with zero attached hydrogens (tertiary/aromatic N) is 2. The van der Waals surface area contributed by atoms with Gasteiger partial charge in [-0.3, -0.25) is 9.59 Å². The molecular weight excluding hydrogens is 356 g/mol. The summed E-state index contributed by atoms with van der Waals surface area (Å²) in [5.74, 6) is -0.524. The number of ether oxygens (including phenoxy) is 1. The Morgan fingerprint density at radius 2 is 1.89 bits per heavy atom. The molecule has 2 aromatic rings. The largest absolute Gasteiger partial charge is 0.481 e. The van der Waals surface area contributed by atoms with Crippen molar-refractivity contribution in [2.24, 2.45) is 0 Å². The van der Waals surface area contributed by atoms with Gasteiger partial charge in [0.15, 0.2) is 0 Å². The van der Waals surface area contributed by atoms with Crippen molar-refractivity contribution in [3.8, 4) is 5.88 Å². The summed E-state index contributed by atoms with van der Waals surface area (Å²) < 4.78 is 5.70. The van der Waals surface area contributed by atoms with Gasteiger partial charge in [0.05, 0.1) is 11.5 Å². The maximum atomic E-state index is 12.9. The lowest BCUT2D eigenvalue weighted by atomic mass is 9.73. The molecule has 0 spiro atoms. The molecule has 1 N–H and O–H groups in total. The van der Waals surface area contributed by atoms with E-state index in [4.69, 9.17) is 4.74 Å². The molecule has 6 heteroatoms. The summed E-state index contributed by atoms with van der Waals surface area (Å²) in [6.07, 6.45) is 3.22. The Morgan fingerprint density at radius 3 is 2.50 bits per heavy atom. The lowest BCUT2D eigenvalue weighted by Gasteiger charge is -2.39. The predicted molar refractivity (Wildman–Crippen MR) is 106 cm³/mol. The molecule has 1 aromatic heterocycles. The number of aliphatic carboxylic acids is 1. The Labute approximate surface area is 165 Å². The highest BCUT2D eigenvalue weighted by atomic mass is 16.5. The van der Waals surface area contributed by atoms with E-state index in [0.717, 1.165) is 12.0 Å². The Hall–Kier alpha value is -2.89. The first-order valence-corrected chi connectivity index (χ1v) is 9.67. The Kier molecular flexibility index (Phi) is 5.97. The number of carbonyl (C=O) groups is 2. The molecule has 28 heavy (non-hydrogen) atoms. The third kappa shape index (κ3) is 4.01. The molecule has 1 aliphatic heterocycles. The van der Waals surface area contributed by atoms with Crippen molar-refractivity contribution < 1.29 is 19.4 Å². The van der Waals surface area contributed by atoms with Crippen molar-refractivity contribution in [3.63, 3.8) is 0 Å². The molecule has 0 bridgehead atoms. The quantitative estimate of drug-likeness (QED) is 0.827. The fraction of sp³-hybridized carbons (Fsp3) is 0.409. The average Bonchev–Trinajstić information content (AvgIpc) is 2.74. The lowest BCUT2D eigenvalue weighted by Crippen LogP contribution is -2.49. The Balaban J connectivity index is 1.73. The van der Waals surface area contributed by atoms with Gasteiger partial charge in [-0.2, -0.15) is 0 Å². The van der Waals surface area contributed by atoms with Crippen molar-refractivity contribution in [1.82, 2.24) is 9.88 Å². The van der Waals surface area contributed by atoms with E-state index in [0.29, 0.717) is 37.4 Å². The number of rotatable bonds is 6. The molecule has 3 rings (SSSR count). The van der Waals surface area contributed by atoms with Crippen molar-refractivity contribution in [2.45, 2.75) is 44.6 Å². The van der Waals surface area contributed by atoms with Crippen LogP contribution < -0.4 is 4.74 Å². The molecule has 1 aromatic carbocycles. The van der Waals surface area contributed by atoms with Crippen LogP contribution in [0, 0.1) is 0 Å². The second kappa shape index (κ2) is 8.42. The van der Waals surface area contributed by atoms with Gasteiger partial charge in [0.1, 0.15) is 0 Å². The van der Waals surface area contributed by atoms with Crippen LogP contribution in [0.25, 0.3) is 0 Å². The number of carboxylic acids is 1. The van der Waals surface area contributed by atoms with Crippen LogP contribution in [0.4, 0.5) is 0 Å². The number of amides is 1. The molecule has 0 aliphatic carbocycles. The summed E-state index contributed by atoms with van der Waals surface area (Å²) in [6, 6.07) is 12.6. The fourth-order valence-electron chi connectivity index (χ4n) is 3.55. The van der Waals surface area contributed by atoms with Crippen molar-refractivity contribution >= 4 is 11.9 Å². The number of pyridine rings is 1. The summed E-state index contributed by atoms with van der Waals surface area (Å²) in [6.45, 7) is 4.76. The summed E-state index contributed by atoms with van der Waals surface area (Å²) in [7, 11) is 0. The number of carboxylic acid groups (broad SMARTS) is 1. The van der Waals surface area contributed by atoms with E-state index in [1.165, 1.54) is 0 Å². The van der Waals surface area contributed by atoms with E-state index < -0.39 is 11.4 Å². The second-order valence-corrected chi connectivity index (χ2v) is 7.26. The van der Waals surface area contributed by atoms with Gasteiger partial charge in [-0.1, -0.05) is 37.3 Å². The Morgan fingerprint density at radius 1 is 1.21 bits per heavy atom. The van der Waals surface area contributed by atoms with Crippen LogP contribution >= 0.6 is 0 Å². The highest BCUT2D eigenvalue weighted by molar-refractivity contribution is 5.94. The minimum absolute atomic E-state index is 0.0231. The highest BCUT2D eigenvalue weighted by Crippen LogP contribution is 2.36. The van der Waals surface area contributed by atoms with Gasteiger partial charge in [-0.05, 0) is 37.8 Å². The van der Waals surface area contributed by atoms with E-state index in [2.05, 4.69) is 4.98 Å². The minimum atomic E-state index is -0.943. The van der Waals surface area contributed by atoms with Crippen LogP contribution in [0.3, 0.4) is 0 Å². The summed E-state index contributed by atoms with van der Waals surface area (Å²) in [5, 5.41) is 9.90. The number of hydrogen-bond donors (Lipinski definition) is 1. The van der Waals surface area contributed by atoms with Crippen molar-refractivity contribution in [3.05, 3.63) is 59.8 Å². The molecule has 0 radical (unpaired) electrons. The van der Waals surface area contributed by atoms with Crippen LogP contribution in [0.1, 0.15) is 49.0 Å². The molecule has 1 amide bonds. The predicted octanol–water partition coefficient (Wildman–Crippen LogP) is 3.52. The first-order chi connectivity index (χ1) is 13.5. The molecule has 148 valence electrons. The van der Waals surface area contributed by atoms with Gasteiger partial charge < -0.3 is 14.7 Å². The van der Waals surface area contributed by atoms with Gasteiger partial charge in [0.2, 0.25) is 5.88 Å². The van der Waals surface area contributed by atoms with Crippen LogP contribution in [0.15, 0.2) is 48.7 Å². The molecule has 6 nitrogen and oxygen atoms in total. The zero-order valence-electron chi connectivity index (χ0n) is 16.3. The topological polar surface area (TPSA) is 79.7 Å². The molecule has 2 heterocycles. The van der Waals surface area contributed by atoms with E-state index >= 15 is 0 Å². The average molecular weight is 382 g/mol. The molecular formula is C22H26N2O4. The molecule has 1 unspecified atom stereocenters. The fourth-order valence-corrected chi connectivity index (χ4v) is 3.55. The van der Waals surface area contributed by atoms with Crippen LogP contribution in [0.2, 0.25) is 0 Å². The number of benzene rings is 1. The standard InChI is InChI=1S/C22H26N2O4/c1-3-16(2)28-19-15-17(9-12-23-19)20(25)24-13-10-22(11-14-24,21(26)27)18-7-5-4-6-8-18/h4-9,12,15-16H,3,10-11,13-14H2,1-2H3,(H,26,27). The van der Waals surface area contributed by atoms with E-state index in [-0.39, 0.29) is 12.0 Å². The summed E-state index contributed by atoms with van der Waals surface area (Å²) in [4.78, 5) is 30.9. The molecule has 1 fully saturated rings. The van der Waals surface area contributed by atoms with E-state index in [9.17, 15) is 14.7 Å². The smallest absolute Gasteiger partial charge is 0.314 e. The summed E-state index contributed by atoms with van der Waals surface area (Å²) in [5.41, 5.74) is 0.361. The number of likely N-dealkylation sites (tertiary alicyclic amines) is 1. The van der Waals surface area contributed by atoms with Crippen molar-refractivity contribution in [1.29, 1.82) is 0 Å². The summed E-state index contributed by atoms with van der Waals surface area (Å²) >= 11 is 0. The van der Waals surface area contributed by atoms with E-state index in [1.807, 2.05) is 44.2 Å². The van der Waals surface area contributed by atoms with Crippen LogP contribution in [-0.4, -0.2) is 46.1 Å². The first kappa shape index (κ1) is 19.9. The molecule has 1 saturated heterocycles. The number of carbonyl (C=O) groups excluding carboxylic acids is 1. The SMILES string of the molecule is CCC(C)Oc1cc(C(=O)N2CCC(C(=O)O)(c3ccccc3)CC2)ccn1. The molecule has 1 aliphatic rings. The normalized spacial score (nSPS) is 17.0.